The Labute approximate surface area is 150 Å². The number of hydrogen-bond acceptors (Lipinski definition) is 5. The van der Waals surface area contributed by atoms with Gasteiger partial charge in [0.2, 0.25) is 5.91 Å². The molecule has 2 aliphatic heterocycles. The zero-order valence-corrected chi connectivity index (χ0v) is 15.7. The molecule has 2 saturated heterocycles. The molecule has 1 amide bonds. The maximum absolute atomic E-state index is 11.6. The molecule has 0 aliphatic carbocycles. The summed E-state index contributed by atoms with van der Waals surface area (Å²) >= 11 is 0. The van der Waals surface area contributed by atoms with Gasteiger partial charge in [0, 0.05) is 66.3 Å². The second-order valence-corrected chi connectivity index (χ2v) is 6.61. The molecule has 0 unspecified atom stereocenters. The molecule has 0 atom stereocenters. The maximum Gasteiger partial charge on any atom is 0.308 e. The number of carbonyl (C=O) groups is 2. The quantitative estimate of drug-likeness (QED) is 0.421. The fourth-order valence-corrected chi connectivity index (χ4v) is 3.44. The summed E-state index contributed by atoms with van der Waals surface area (Å²) in [7, 11) is 3.24. The smallest absolute Gasteiger partial charge is 0.308 e. The average molecular weight is 353 g/mol. The first-order chi connectivity index (χ1) is 12.0. The van der Waals surface area contributed by atoms with Gasteiger partial charge in [-0.3, -0.25) is 19.5 Å². The van der Waals surface area contributed by atoms with Crippen LogP contribution in [0.2, 0.25) is 0 Å². The highest BCUT2D eigenvalue weighted by molar-refractivity contribution is 5.80. The van der Waals surface area contributed by atoms with Crippen LogP contribution in [-0.4, -0.2) is 99.1 Å². The van der Waals surface area contributed by atoms with Gasteiger partial charge in [0.05, 0.1) is 13.0 Å². The molecule has 0 aromatic heterocycles. The van der Waals surface area contributed by atoms with Crippen molar-refractivity contribution < 1.29 is 14.3 Å². The van der Waals surface area contributed by atoms with E-state index in [1.54, 1.807) is 14.0 Å². The number of carbonyl (C=O) groups excluding carboxylic acids is 2. The van der Waals surface area contributed by atoms with Crippen molar-refractivity contribution >= 4 is 17.8 Å². The molecule has 142 valence electrons. The Hall–Kier alpha value is -1.83. The highest BCUT2D eigenvalue weighted by Gasteiger charge is 2.27. The van der Waals surface area contributed by atoms with Crippen LogP contribution in [-0.2, 0) is 14.3 Å². The third kappa shape index (κ3) is 5.59. The molecule has 2 aliphatic rings. The molecule has 0 aromatic rings. The number of amides is 1. The highest BCUT2D eigenvalue weighted by atomic mass is 16.5. The number of methoxy groups -OCH3 is 1. The third-order valence-electron chi connectivity index (χ3n) is 5.07. The third-order valence-corrected chi connectivity index (χ3v) is 5.07. The van der Waals surface area contributed by atoms with E-state index in [9.17, 15) is 9.59 Å². The Balaban J connectivity index is 1.68. The lowest BCUT2D eigenvalue weighted by atomic mass is 9.97. The van der Waals surface area contributed by atoms with Gasteiger partial charge in [-0.25, -0.2) is 0 Å². The lowest BCUT2D eigenvalue weighted by molar-refractivity contribution is -0.146. The lowest BCUT2D eigenvalue weighted by Crippen LogP contribution is -2.51. The fraction of sp³-hybridized carbons (Fsp3) is 0.824. The molecular formula is C17H31N5O3. The van der Waals surface area contributed by atoms with Gasteiger partial charge in [-0.15, -0.1) is 0 Å². The van der Waals surface area contributed by atoms with E-state index in [2.05, 4.69) is 20.1 Å². The standard InChI is InChI=1S/C17H31N5O3/c1-14(23)21-12-10-20(11-13-21)9-6-19-17(18-2)22-7-4-15(5-8-22)16(24)25-3/h15H,4-13H2,1-3H3,(H,18,19). The number of nitrogens with zero attached hydrogens (tertiary/aromatic N) is 4. The number of hydrogen-bond donors (Lipinski definition) is 1. The molecule has 1 N–H and O–H groups in total. The number of ether oxygens (including phenoxy) is 1. The van der Waals surface area contributed by atoms with E-state index in [0.717, 1.165) is 71.2 Å². The second kappa shape index (κ2) is 9.60. The minimum absolute atomic E-state index is 0.0110. The van der Waals surface area contributed by atoms with E-state index in [-0.39, 0.29) is 17.8 Å². The van der Waals surface area contributed by atoms with Crippen molar-refractivity contribution in [1.82, 2.24) is 20.0 Å². The summed E-state index contributed by atoms with van der Waals surface area (Å²) in [6.07, 6.45) is 1.61. The molecule has 0 aromatic carbocycles. The molecular weight excluding hydrogens is 322 g/mol. The number of likely N-dealkylation sites (tertiary alicyclic amines) is 1. The Morgan fingerprint density at radius 3 is 2.24 bits per heavy atom. The topological polar surface area (TPSA) is 77.5 Å². The largest absolute Gasteiger partial charge is 0.469 e. The normalized spacial score (nSPS) is 20.5. The summed E-state index contributed by atoms with van der Waals surface area (Å²) in [6, 6.07) is 0. The summed E-state index contributed by atoms with van der Waals surface area (Å²) in [4.78, 5) is 33.8. The molecule has 8 heteroatoms. The number of rotatable bonds is 4. The van der Waals surface area contributed by atoms with Crippen molar-refractivity contribution in [3.8, 4) is 0 Å². The lowest BCUT2D eigenvalue weighted by Gasteiger charge is -2.35. The SMILES string of the molecule is CN=C(NCCN1CCN(C(C)=O)CC1)N1CCC(C(=O)OC)CC1. The van der Waals surface area contributed by atoms with E-state index in [1.807, 2.05) is 4.90 Å². The van der Waals surface area contributed by atoms with Crippen LogP contribution in [0.1, 0.15) is 19.8 Å². The average Bonchev–Trinajstić information content (AvgIpc) is 2.65. The molecule has 0 bridgehead atoms. The van der Waals surface area contributed by atoms with Crippen LogP contribution < -0.4 is 5.32 Å². The summed E-state index contributed by atoms with van der Waals surface area (Å²) in [6.45, 7) is 8.48. The van der Waals surface area contributed by atoms with Crippen LogP contribution in [0.5, 0.6) is 0 Å². The second-order valence-electron chi connectivity index (χ2n) is 6.61. The zero-order chi connectivity index (χ0) is 18.2. The van der Waals surface area contributed by atoms with Gasteiger partial charge in [-0.2, -0.15) is 0 Å². The van der Waals surface area contributed by atoms with Crippen molar-refractivity contribution in [2.75, 3.05) is 66.5 Å². The monoisotopic (exact) mass is 353 g/mol. The van der Waals surface area contributed by atoms with Crippen LogP contribution in [0.3, 0.4) is 0 Å². The zero-order valence-electron chi connectivity index (χ0n) is 15.7. The number of piperidine rings is 1. The molecule has 25 heavy (non-hydrogen) atoms. The summed E-state index contributed by atoms with van der Waals surface area (Å²) in [5.74, 6) is 0.962. The Kier molecular flexibility index (Phi) is 7.49. The van der Waals surface area contributed by atoms with E-state index < -0.39 is 0 Å². The minimum Gasteiger partial charge on any atom is -0.469 e. The van der Waals surface area contributed by atoms with Crippen LogP contribution >= 0.6 is 0 Å². The molecule has 0 spiro atoms. The van der Waals surface area contributed by atoms with Gasteiger partial charge in [-0.05, 0) is 12.8 Å². The van der Waals surface area contributed by atoms with Gasteiger partial charge in [0.15, 0.2) is 5.96 Å². The number of piperazine rings is 1. The first-order valence-corrected chi connectivity index (χ1v) is 9.06. The van der Waals surface area contributed by atoms with Crippen molar-refractivity contribution in [1.29, 1.82) is 0 Å². The number of esters is 1. The van der Waals surface area contributed by atoms with Crippen molar-refractivity contribution in [2.24, 2.45) is 10.9 Å². The first kappa shape index (κ1) is 19.5. The fourth-order valence-electron chi connectivity index (χ4n) is 3.44. The van der Waals surface area contributed by atoms with Gasteiger partial charge in [0.25, 0.3) is 0 Å². The van der Waals surface area contributed by atoms with Crippen LogP contribution in [0, 0.1) is 5.92 Å². The van der Waals surface area contributed by atoms with E-state index in [4.69, 9.17) is 4.74 Å². The Morgan fingerprint density at radius 2 is 1.72 bits per heavy atom. The summed E-state index contributed by atoms with van der Waals surface area (Å²) < 4.78 is 4.83. The number of aliphatic imine (C=N–C) groups is 1. The van der Waals surface area contributed by atoms with E-state index >= 15 is 0 Å². The van der Waals surface area contributed by atoms with E-state index in [1.165, 1.54) is 7.11 Å². The Bertz CT molecular complexity index is 481. The van der Waals surface area contributed by atoms with Crippen LogP contribution in [0.25, 0.3) is 0 Å². The molecule has 0 saturated carbocycles. The molecule has 8 nitrogen and oxygen atoms in total. The highest BCUT2D eigenvalue weighted by Crippen LogP contribution is 2.18. The number of nitrogens with one attached hydrogen (secondary N) is 1. The van der Waals surface area contributed by atoms with E-state index in [0.29, 0.717) is 0 Å². The van der Waals surface area contributed by atoms with Gasteiger partial charge in [0.1, 0.15) is 0 Å². The molecule has 0 radical (unpaired) electrons. The van der Waals surface area contributed by atoms with Gasteiger partial charge >= 0.3 is 5.97 Å². The minimum atomic E-state index is -0.104. The summed E-state index contributed by atoms with van der Waals surface area (Å²) in [5, 5.41) is 3.42. The molecule has 2 rings (SSSR count). The van der Waals surface area contributed by atoms with Gasteiger partial charge in [-0.1, -0.05) is 0 Å². The van der Waals surface area contributed by atoms with Gasteiger partial charge < -0.3 is 19.9 Å². The summed E-state index contributed by atoms with van der Waals surface area (Å²) in [5.41, 5.74) is 0. The first-order valence-electron chi connectivity index (χ1n) is 9.06. The van der Waals surface area contributed by atoms with Crippen LogP contribution in [0.15, 0.2) is 4.99 Å². The predicted molar refractivity (Wildman–Crippen MR) is 96.4 cm³/mol. The van der Waals surface area contributed by atoms with Crippen molar-refractivity contribution in [2.45, 2.75) is 19.8 Å². The Morgan fingerprint density at radius 1 is 1.08 bits per heavy atom. The number of guanidine groups is 1. The molecule has 2 fully saturated rings. The van der Waals surface area contributed by atoms with Crippen molar-refractivity contribution in [3.63, 3.8) is 0 Å². The van der Waals surface area contributed by atoms with Crippen LogP contribution in [0.4, 0.5) is 0 Å². The maximum atomic E-state index is 11.6. The van der Waals surface area contributed by atoms with Crippen molar-refractivity contribution in [3.05, 3.63) is 0 Å². The molecule has 2 heterocycles. The predicted octanol–water partition coefficient (Wildman–Crippen LogP) is -0.389.